The van der Waals surface area contributed by atoms with Gasteiger partial charge in [-0.15, -0.1) is 0 Å². The lowest BCUT2D eigenvalue weighted by Gasteiger charge is -2.26. The first-order valence-electron chi connectivity index (χ1n) is 13.4. The Kier molecular flexibility index (Phi) is 9.35. The fourth-order valence-electron chi connectivity index (χ4n) is 4.64. The van der Waals surface area contributed by atoms with Crippen LogP contribution in [0, 0.1) is 11.8 Å². The number of carbonyl (C=O) groups is 1. The van der Waals surface area contributed by atoms with Crippen molar-refractivity contribution in [3.8, 4) is 0 Å². The number of sulfone groups is 1. The van der Waals surface area contributed by atoms with E-state index in [-0.39, 0.29) is 40.2 Å². The summed E-state index contributed by atoms with van der Waals surface area (Å²) < 4.78 is 58.9. The highest BCUT2D eigenvalue weighted by molar-refractivity contribution is 7.90. The Hall–Kier alpha value is -2.38. The predicted octanol–water partition coefficient (Wildman–Crippen LogP) is 4.83. The van der Waals surface area contributed by atoms with Gasteiger partial charge in [0.2, 0.25) is 10.0 Å². The highest BCUT2D eigenvalue weighted by atomic mass is 32.2. The van der Waals surface area contributed by atoms with Gasteiger partial charge < -0.3 is 4.74 Å². The number of ether oxygens (including phenoxy) is 1. The number of hydrogen-bond acceptors (Lipinski definition) is 8. The van der Waals surface area contributed by atoms with E-state index in [2.05, 4.69) is 4.98 Å². The number of rotatable bonds is 11. The number of hydrogen-bond donors (Lipinski definition) is 0. The Balaban J connectivity index is 1.66. The van der Waals surface area contributed by atoms with Gasteiger partial charge in [-0.1, -0.05) is 39.0 Å². The van der Waals surface area contributed by atoms with E-state index in [4.69, 9.17) is 4.74 Å². The van der Waals surface area contributed by atoms with Crippen LogP contribution in [-0.4, -0.2) is 70.6 Å². The molecule has 1 aliphatic heterocycles. The lowest BCUT2D eigenvalue weighted by molar-refractivity contribution is 0.0917. The first-order chi connectivity index (χ1) is 18.8. The van der Waals surface area contributed by atoms with Crippen molar-refractivity contribution in [2.75, 3.05) is 37.4 Å². The van der Waals surface area contributed by atoms with Crippen LogP contribution in [0.4, 0.5) is 5.13 Å². The van der Waals surface area contributed by atoms with Crippen LogP contribution in [0.3, 0.4) is 0 Å². The number of fused-ring (bicyclic) bond motifs is 1. The van der Waals surface area contributed by atoms with Crippen molar-refractivity contribution in [2.24, 2.45) is 11.8 Å². The molecule has 4 rings (SSSR count). The average Bonchev–Trinajstić information content (AvgIpc) is 3.54. The fraction of sp³-hybridized carbons (Fsp3) is 0.500. The van der Waals surface area contributed by atoms with Crippen LogP contribution in [0.1, 0.15) is 50.9 Å². The lowest BCUT2D eigenvalue weighted by atomic mass is 10.2. The summed E-state index contributed by atoms with van der Waals surface area (Å²) in [6.07, 6.45) is 2.71. The molecule has 0 N–H and O–H groups in total. The molecule has 40 heavy (non-hydrogen) atoms. The molecule has 1 aromatic heterocycles. The largest absolute Gasteiger partial charge is 0.376 e. The monoisotopic (exact) mass is 607 g/mol. The van der Waals surface area contributed by atoms with Crippen molar-refractivity contribution in [1.82, 2.24) is 9.29 Å². The summed E-state index contributed by atoms with van der Waals surface area (Å²) in [6, 6.07) is 10.8. The van der Waals surface area contributed by atoms with Crippen LogP contribution >= 0.6 is 11.3 Å². The molecule has 3 aromatic rings. The Morgan fingerprint density at radius 1 is 1.00 bits per heavy atom. The minimum absolute atomic E-state index is 0.143. The third-order valence-electron chi connectivity index (χ3n) is 6.54. The van der Waals surface area contributed by atoms with Gasteiger partial charge in [0.1, 0.15) is 0 Å². The zero-order chi connectivity index (χ0) is 29.2. The number of benzene rings is 2. The molecule has 1 amide bonds. The second-order valence-corrected chi connectivity index (χ2v) is 16.0. The minimum atomic E-state index is -3.73. The third kappa shape index (κ3) is 7.09. The molecule has 0 bridgehead atoms. The van der Waals surface area contributed by atoms with Gasteiger partial charge in [-0.25, -0.2) is 21.8 Å². The summed E-state index contributed by atoms with van der Waals surface area (Å²) in [4.78, 5) is 20.3. The van der Waals surface area contributed by atoms with Gasteiger partial charge in [-0.2, -0.15) is 4.31 Å². The molecule has 1 unspecified atom stereocenters. The van der Waals surface area contributed by atoms with Crippen LogP contribution in [0.2, 0.25) is 0 Å². The molecule has 0 radical (unpaired) electrons. The molecule has 1 fully saturated rings. The smallest absolute Gasteiger partial charge is 0.260 e. The molecule has 0 saturated carbocycles. The number of nitrogens with zero attached hydrogens (tertiary/aromatic N) is 3. The molecule has 218 valence electrons. The van der Waals surface area contributed by atoms with Gasteiger partial charge in [-0.3, -0.25) is 9.69 Å². The summed E-state index contributed by atoms with van der Waals surface area (Å²) in [5.41, 5.74) is 0.918. The van der Waals surface area contributed by atoms with Gasteiger partial charge in [-0.05, 0) is 67.1 Å². The number of anilines is 1. The predicted molar refractivity (Wildman–Crippen MR) is 158 cm³/mol. The molecule has 2 heterocycles. The first-order valence-corrected chi connectivity index (χ1v) is 17.5. The summed E-state index contributed by atoms with van der Waals surface area (Å²) in [7, 11) is -7.12. The van der Waals surface area contributed by atoms with Crippen LogP contribution in [0.5, 0.6) is 0 Å². The molecular weight excluding hydrogens is 571 g/mol. The molecule has 2 aromatic carbocycles. The molecule has 1 saturated heterocycles. The molecule has 12 heteroatoms. The van der Waals surface area contributed by atoms with Crippen LogP contribution in [0.25, 0.3) is 10.2 Å². The van der Waals surface area contributed by atoms with Crippen molar-refractivity contribution in [1.29, 1.82) is 0 Å². The van der Waals surface area contributed by atoms with Crippen LogP contribution in [0.15, 0.2) is 52.3 Å². The number of amides is 1. The minimum Gasteiger partial charge on any atom is -0.376 e. The fourth-order valence-corrected chi connectivity index (χ4v) is 8.14. The molecule has 0 spiro atoms. The van der Waals surface area contributed by atoms with Crippen molar-refractivity contribution < 1.29 is 26.4 Å². The maximum absolute atomic E-state index is 13.8. The normalized spacial score (nSPS) is 16.4. The zero-order valence-corrected chi connectivity index (χ0v) is 26.0. The van der Waals surface area contributed by atoms with Gasteiger partial charge >= 0.3 is 0 Å². The maximum atomic E-state index is 13.8. The van der Waals surface area contributed by atoms with Crippen LogP contribution < -0.4 is 4.90 Å². The van der Waals surface area contributed by atoms with E-state index in [1.54, 1.807) is 17.0 Å². The SMILES string of the molecule is CC(C)CN(CC(C)C)S(=O)(=O)c1ccc(C(=O)N(CC2CCCO2)c2nc3ccc(S(C)(=O)=O)cc3s2)cc1. The molecule has 1 atom stereocenters. The summed E-state index contributed by atoms with van der Waals surface area (Å²) in [6.45, 7) is 9.67. The zero-order valence-electron chi connectivity index (χ0n) is 23.5. The quantitative estimate of drug-likeness (QED) is 0.307. The second-order valence-electron chi connectivity index (χ2n) is 11.1. The topological polar surface area (TPSA) is 114 Å². The Morgan fingerprint density at radius 3 is 2.17 bits per heavy atom. The van der Waals surface area contributed by atoms with Crippen molar-refractivity contribution >= 4 is 52.5 Å². The number of carbonyl (C=O) groups excluding carboxylic acids is 1. The van der Waals surface area contributed by atoms with E-state index < -0.39 is 19.9 Å². The highest BCUT2D eigenvalue weighted by Crippen LogP contribution is 2.32. The van der Waals surface area contributed by atoms with Crippen molar-refractivity contribution in [3.63, 3.8) is 0 Å². The molecule has 0 aliphatic carbocycles. The second kappa shape index (κ2) is 12.2. The summed E-state index contributed by atoms with van der Waals surface area (Å²) in [5, 5.41) is 0.429. The number of sulfonamides is 1. The highest BCUT2D eigenvalue weighted by Gasteiger charge is 2.29. The Morgan fingerprint density at radius 2 is 1.62 bits per heavy atom. The van der Waals surface area contributed by atoms with Gasteiger partial charge in [0.25, 0.3) is 5.91 Å². The molecule has 9 nitrogen and oxygen atoms in total. The Bertz CT molecular complexity index is 1550. The lowest BCUT2D eigenvalue weighted by Crippen LogP contribution is -2.38. The average molecular weight is 608 g/mol. The van der Waals surface area contributed by atoms with Crippen molar-refractivity contribution in [3.05, 3.63) is 48.0 Å². The summed E-state index contributed by atoms with van der Waals surface area (Å²) in [5.74, 6) is 0.00850. The van der Waals surface area contributed by atoms with E-state index in [1.807, 2.05) is 27.7 Å². The van der Waals surface area contributed by atoms with E-state index in [0.717, 1.165) is 19.1 Å². The molecule has 1 aliphatic rings. The van der Waals surface area contributed by atoms with E-state index >= 15 is 0 Å². The molecular formula is C28H37N3O6S3. The van der Waals surface area contributed by atoms with E-state index in [1.165, 1.54) is 46.0 Å². The third-order valence-corrected chi connectivity index (χ3v) is 10.5. The van der Waals surface area contributed by atoms with Gasteiger partial charge in [0, 0.05) is 31.5 Å². The first kappa shape index (κ1) is 30.6. The summed E-state index contributed by atoms with van der Waals surface area (Å²) >= 11 is 1.24. The number of thiazole rings is 1. The van der Waals surface area contributed by atoms with Crippen LogP contribution in [-0.2, 0) is 24.6 Å². The van der Waals surface area contributed by atoms with Crippen molar-refractivity contribution in [2.45, 2.75) is 56.4 Å². The standard InChI is InChI=1S/C28H37N3O6S3/c1-19(2)16-30(17-20(3)4)40(35,36)23-10-8-21(9-11-23)27(32)31(18-22-7-6-14-37-22)28-29-25-13-12-24(39(5,33)34)15-26(25)38-28/h8-13,15,19-20,22H,6-7,14,16-18H2,1-5H3. The number of aromatic nitrogens is 1. The van der Waals surface area contributed by atoms with E-state index in [9.17, 15) is 21.6 Å². The maximum Gasteiger partial charge on any atom is 0.260 e. The van der Waals surface area contributed by atoms with Gasteiger partial charge in [0.05, 0.1) is 32.7 Å². The Labute approximate surface area is 241 Å². The van der Waals surface area contributed by atoms with E-state index in [0.29, 0.717) is 40.6 Å². The van der Waals surface area contributed by atoms with Gasteiger partial charge in [0.15, 0.2) is 15.0 Å².